The Hall–Kier alpha value is -0.870. The van der Waals surface area contributed by atoms with Crippen LogP contribution in [0, 0.1) is 50.2 Å². The van der Waals surface area contributed by atoms with Crippen molar-refractivity contribution in [3.8, 4) is 0 Å². The molecular weight excluding hydrogens is 436 g/mol. The molecule has 0 aromatic heterocycles. The molecule has 0 amide bonds. The van der Waals surface area contributed by atoms with Crippen molar-refractivity contribution in [3.05, 3.63) is 11.6 Å². The first-order valence-corrected chi connectivity index (χ1v) is 14.4. The molecule has 35 heavy (non-hydrogen) atoms. The molecule has 0 radical (unpaired) electrons. The zero-order valence-electron chi connectivity index (χ0n) is 23.3. The first-order valence-electron chi connectivity index (χ1n) is 14.4. The van der Waals surface area contributed by atoms with Gasteiger partial charge in [-0.25, -0.2) is 0 Å². The van der Waals surface area contributed by atoms with Gasteiger partial charge in [0.2, 0.25) is 0 Å². The van der Waals surface area contributed by atoms with Crippen molar-refractivity contribution in [2.75, 3.05) is 0 Å². The second-order valence-electron chi connectivity index (χ2n) is 14.8. The molecule has 0 aliphatic heterocycles. The van der Waals surface area contributed by atoms with Crippen LogP contribution in [0.25, 0.3) is 0 Å². The molecule has 0 aromatic carbocycles. The smallest absolute Gasteiger partial charge is 0.312 e. The van der Waals surface area contributed by atoms with E-state index >= 15 is 0 Å². The van der Waals surface area contributed by atoms with E-state index in [1.54, 1.807) is 6.92 Å². The Labute approximate surface area is 213 Å². The highest BCUT2D eigenvalue weighted by atomic mass is 16.4. The zero-order valence-corrected chi connectivity index (χ0v) is 23.3. The highest BCUT2D eigenvalue weighted by Gasteiger charge is 2.89. The van der Waals surface area contributed by atoms with Crippen LogP contribution in [0.3, 0.4) is 0 Å². The van der Waals surface area contributed by atoms with Gasteiger partial charge in [0.25, 0.3) is 0 Å². The summed E-state index contributed by atoms with van der Waals surface area (Å²) in [6, 6.07) is 0. The lowest BCUT2D eigenvalue weighted by atomic mass is 9.36. The summed E-state index contributed by atoms with van der Waals surface area (Å²) < 4.78 is 0. The normalized spacial score (nSPS) is 55.1. The molecule has 0 bridgehead atoms. The number of rotatable bonds is 5. The van der Waals surface area contributed by atoms with Crippen LogP contribution in [0.5, 0.6) is 0 Å². The van der Waals surface area contributed by atoms with Gasteiger partial charge in [-0.3, -0.25) is 4.79 Å². The molecule has 198 valence electrons. The standard InChI is InChI=1S/C31H50O4/c1-19(2)9-8-10-20(3)21-11-13-27(5)26(21,4)15-16-30-18-31(30)22(12-14-28(27,30)6)29(7,25(34)35)23(32)17-24(31)33/h9,20-24,32-33H,8,10-18H2,1-7H3,(H,34,35). The summed E-state index contributed by atoms with van der Waals surface area (Å²) in [5, 5.41) is 32.7. The SMILES string of the molecule is CC(C)=CCCC(C)C1CCC2(C)C1(C)CCC13CC14C(O)CC(O)C(C)(C(=O)O)C4CCC23C. The van der Waals surface area contributed by atoms with Gasteiger partial charge in [-0.15, -0.1) is 0 Å². The predicted octanol–water partition coefficient (Wildman–Crippen LogP) is 6.59. The first kappa shape index (κ1) is 25.8. The Kier molecular flexibility index (Phi) is 5.59. The van der Waals surface area contributed by atoms with E-state index in [0.29, 0.717) is 5.92 Å². The van der Waals surface area contributed by atoms with Crippen molar-refractivity contribution >= 4 is 5.97 Å². The maximum Gasteiger partial charge on any atom is 0.312 e. The molecule has 2 spiro atoms. The summed E-state index contributed by atoms with van der Waals surface area (Å²) in [7, 11) is 0. The Morgan fingerprint density at radius 1 is 0.971 bits per heavy atom. The van der Waals surface area contributed by atoms with E-state index in [-0.39, 0.29) is 39.4 Å². The van der Waals surface area contributed by atoms with Crippen LogP contribution >= 0.6 is 0 Å². The minimum Gasteiger partial charge on any atom is -0.481 e. The zero-order chi connectivity index (χ0) is 25.8. The second-order valence-corrected chi connectivity index (χ2v) is 14.8. The van der Waals surface area contributed by atoms with E-state index < -0.39 is 23.6 Å². The molecule has 4 heteroatoms. The van der Waals surface area contributed by atoms with Crippen LogP contribution in [0.4, 0.5) is 0 Å². The molecule has 3 N–H and O–H groups in total. The van der Waals surface area contributed by atoms with E-state index in [9.17, 15) is 20.1 Å². The minimum atomic E-state index is -1.16. The summed E-state index contributed by atoms with van der Waals surface area (Å²) in [4.78, 5) is 12.5. The largest absolute Gasteiger partial charge is 0.481 e. The van der Waals surface area contributed by atoms with Crippen molar-refractivity contribution in [1.82, 2.24) is 0 Å². The van der Waals surface area contributed by atoms with Crippen LogP contribution in [-0.4, -0.2) is 33.5 Å². The third-order valence-corrected chi connectivity index (χ3v) is 14.1. The topological polar surface area (TPSA) is 77.8 Å². The summed E-state index contributed by atoms with van der Waals surface area (Å²) in [5.74, 6) is 0.393. The molecule has 4 nitrogen and oxygen atoms in total. The summed E-state index contributed by atoms with van der Waals surface area (Å²) in [6.45, 7) is 16.3. The summed E-state index contributed by atoms with van der Waals surface area (Å²) in [5.41, 5.74) is 0.481. The van der Waals surface area contributed by atoms with Crippen LogP contribution in [0.1, 0.15) is 113 Å². The second kappa shape index (κ2) is 7.59. The molecule has 0 heterocycles. The average Bonchev–Trinajstić information content (AvgIpc) is 3.39. The average molecular weight is 487 g/mol. The molecule has 5 rings (SSSR count). The van der Waals surface area contributed by atoms with Crippen LogP contribution in [-0.2, 0) is 4.79 Å². The number of carbonyl (C=O) groups is 1. The van der Waals surface area contributed by atoms with E-state index in [1.165, 1.54) is 37.7 Å². The highest BCUT2D eigenvalue weighted by Crippen LogP contribution is 2.92. The van der Waals surface area contributed by atoms with Gasteiger partial charge in [0.15, 0.2) is 0 Å². The van der Waals surface area contributed by atoms with Crippen LogP contribution in [0.15, 0.2) is 11.6 Å². The van der Waals surface area contributed by atoms with Crippen LogP contribution < -0.4 is 0 Å². The van der Waals surface area contributed by atoms with Crippen molar-refractivity contribution < 1.29 is 20.1 Å². The van der Waals surface area contributed by atoms with E-state index in [0.717, 1.165) is 31.6 Å². The van der Waals surface area contributed by atoms with Crippen LogP contribution in [0.2, 0.25) is 0 Å². The fraction of sp³-hybridized carbons (Fsp3) is 0.903. The molecular formula is C31H50O4. The quantitative estimate of drug-likeness (QED) is 0.383. The number of aliphatic carboxylic acids is 1. The Morgan fingerprint density at radius 2 is 1.63 bits per heavy atom. The van der Waals surface area contributed by atoms with Gasteiger partial charge in [0.1, 0.15) is 0 Å². The van der Waals surface area contributed by atoms with E-state index in [2.05, 4.69) is 47.6 Å². The van der Waals surface area contributed by atoms with Gasteiger partial charge in [0, 0.05) is 11.8 Å². The van der Waals surface area contributed by atoms with Gasteiger partial charge < -0.3 is 15.3 Å². The van der Waals surface area contributed by atoms with Crippen molar-refractivity contribution in [1.29, 1.82) is 0 Å². The lowest BCUT2D eigenvalue weighted by Crippen LogP contribution is -2.66. The lowest BCUT2D eigenvalue weighted by Gasteiger charge is -2.68. The number of aliphatic hydroxyl groups is 2. The fourth-order valence-electron chi connectivity index (χ4n) is 11.7. The molecule has 5 aliphatic carbocycles. The van der Waals surface area contributed by atoms with Gasteiger partial charge in [-0.1, -0.05) is 39.3 Å². The summed E-state index contributed by atoms with van der Waals surface area (Å²) in [6.07, 6.45) is 11.0. The van der Waals surface area contributed by atoms with Gasteiger partial charge in [-0.2, -0.15) is 0 Å². The van der Waals surface area contributed by atoms with Crippen molar-refractivity contribution in [2.24, 2.45) is 50.2 Å². The molecule has 11 unspecified atom stereocenters. The van der Waals surface area contributed by atoms with E-state index in [1.807, 2.05) is 0 Å². The molecule has 5 aliphatic rings. The van der Waals surface area contributed by atoms with Gasteiger partial charge in [0.05, 0.1) is 17.6 Å². The minimum absolute atomic E-state index is 0.00757. The molecule has 0 saturated heterocycles. The van der Waals surface area contributed by atoms with Crippen molar-refractivity contribution in [3.63, 3.8) is 0 Å². The Morgan fingerprint density at radius 3 is 2.26 bits per heavy atom. The maximum atomic E-state index is 12.5. The van der Waals surface area contributed by atoms with E-state index in [4.69, 9.17) is 0 Å². The number of carboxylic acids is 1. The van der Waals surface area contributed by atoms with Crippen molar-refractivity contribution in [2.45, 2.75) is 125 Å². The lowest BCUT2D eigenvalue weighted by molar-refractivity contribution is -0.236. The molecule has 0 aromatic rings. The number of fused-ring (bicyclic) bond motifs is 2. The number of aliphatic hydroxyl groups excluding tert-OH is 2. The number of hydrogen-bond acceptors (Lipinski definition) is 3. The molecule has 11 atom stereocenters. The number of allylic oxidation sites excluding steroid dienone is 2. The van der Waals surface area contributed by atoms with Gasteiger partial charge in [-0.05, 0) is 118 Å². The Balaban J connectivity index is 1.50. The monoisotopic (exact) mass is 486 g/mol. The number of carboxylic acid groups (broad SMARTS) is 1. The maximum absolute atomic E-state index is 12.5. The first-order chi connectivity index (χ1) is 16.2. The third-order valence-electron chi connectivity index (χ3n) is 14.1. The fourth-order valence-corrected chi connectivity index (χ4v) is 11.7. The Bertz CT molecular complexity index is 938. The molecule has 5 fully saturated rings. The van der Waals surface area contributed by atoms with Gasteiger partial charge >= 0.3 is 5.97 Å². The third kappa shape index (κ3) is 2.75. The predicted molar refractivity (Wildman–Crippen MR) is 139 cm³/mol. The summed E-state index contributed by atoms with van der Waals surface area (Å²) >= 11 is 0. The highest BCUT2D eigenvalue weighted by molar-refractivity contribution is 5.76. The number of hydrogen-bond donors (Lipinski definition) is 3. The molecule has 5 saturated carbocycles.